The van der Waals surface area contributed by atoms with Gasteiger partial charge in [0.25, 0.3) is 0 Å². The van der Waals surface area contributed by atoms with Gasteiger partial charge in [-0.05, 0) is 6.92 Å². The molecular formula is C3H4B2O. The van der Waals surface area contributed by atoms with E-state index in [1.54, 1.807) is 0 Å². The Kier molecular flexibility index (Phi) is 0.593. The van der Waals surface area contributed by atoms with Crippen LogP contribution in [0.15, 0.2) is 0 Å². The molecule has 1 heterocycles. The SMILES string of the molecule is [B]C1([B])O[C@H]1C. The van der Waals surface area contributed by atoms with Crippen LogP contribution in [0.4, 0.5) is 0 Å². The van der Waals surface area contributed by atoms with Crippen LogP contribution in [0.3, 0.4) is 0 Å². The highest BCUT2D eigenvalue weighted by molar-refractivity contribution is 6.41. The van der Waals surface area contributed by atoms with Gasteiger partial charge in [-0.15, -0.1) is 0 Å². The first kappa shape index (κ1) is 4.25. The molecule has 1 saturated heterocycles. The molecule has 6 heavy (non-hydrogen) atoms. The summed E-state index contributed by atoms with van der Waals surface area (Å²) >= 11 is 0. The van der Waals surface area contributed by atoms with Gasteiger partial charge in [-0.3, -0.25) is 0 Å². The fraction of sp³-hybridized carbons (Fsp3) is 1.00. The van der Waals surface area contributed by atoms with E-state index in [2.05, 4.69) is 4.74 Å². The highest BCUT2D eigenvalue weighted by Gasteiger charge is 2.41. The standard InChI is InChI=1S/C3H4B2O/c1-2-3(4,5)6-2/h2H,1H3/t2-/m0/s1. The van der Waals surface area contributed by atoms with Crippen LogP contribution < -0.4 is 0 Å². The minimum absolute atomic E-state index is 0.0532. The van der Waals surface area contributed by atoms with Gasteiger partial charge >= 0.3 is 0 Å². The summed E-state index contributed by atoms with van der Waals surface area (Å²) in [6.07, 6.45) is 0.0532. The molecule has 1 rings (SSSR count). The van der Waals surface area contributed by atoms with Crippen molar-refractivity contribution in [3.8, 4) is 0 Å². The largest absolute Gasteiger partial charge is 0.387 e. The Labute approximate surface area is 39.9 Å². The zero-order valence-corrected chi connectivity index (χ0v) is 3.64. The van der Waals surface area contributed by atoms with Crippen LogP contribution in [0.25, 0.3) is 0 Å². The Morgan fingerprint density at radius 2 is 1.83 bits per heavy atom. The van der Waals surface area contributed by atoms with E-state index in [1.807, 2.05) is 6.92 Å². The molecular weight excluding hydrogens is 73.7 g/mol. The molecule has 0 amide bonds. The third-order valence-corrected chi connectivity index (χ3v) is 0.959. The van der Waals surface area contributed by atoms with Crippen LogP contribution in [0.5, 0.6) is 0 Å². The zero-order valence-electron chi connectivity index (χ0n) is 3.64. The van der Waals surface area contributed by atoms with E-state index in [1.165, 1.54) is 0 Å². The van der Waals surface area contributed by atoms with Crippen LogP contribution in [0.1, 0.15) is 6.92 Å². The fourth-order valence-electron chi connectivity index (χ4n) is 0.272. The van der Waals surface area contributed by atoms with Gasteiger partial charge in [0, 0.05) is 5.40 Å². The van der Waals surface area contributed by atoms with Crippen molar-refractivity contribution in [3.05, 3.63) is 0 Å². The average Bonchev–Trinajstić information content (AvgIpc) is 1.73. The molecule has 1 nitrogen and oxygen atoms in total. The average molecular weight is 77.7 g/mol. The summed E-state index contributed by atoms with van der Waals surface area (Å²) < 4.78 is 4.66. The van der Waals surface area contributed by atoms with Crippen molar-refractivity contribution < 1.29 is 4.74 Å². The molecule has 0 spiro atoms. The zero-order chi connectivity index (χ0) is 4.78. The van der Waals surface area contributed by atoms with Gasteiger partial charge in [-0.1, -0.05) is 0 Å². The van der Waals surface area contributed by atoms with Crippen LogP contribution in [-0.2, 0) is 4.74 Å². The lowest BCUT2D eigenvalue weighted by atomic mass is 9.68. The Balaban J connectivity index is 2.41. The van der Waals surface area contributed by atoms with Gasteiger partial charge in [0.2, 0.25) is 0 Å². The predicted octanol–water partition coefficient (Wildman–Crippen LogP) is -0.604. The topological polar surface area (TPSA) is 12.5 Å². The summed E-state index contributed by atoms with van der Waals surface area (Å²) in [6, 6.07) is 0. The monoisotopic (exact) mass is 78.0 g/mol. The van der Waals surface area contributed by atoms with Crippen molar-refractivity contribution in [2.75, 3.05) is 0 Å². The van der Waals surface area contributed by atoms with Crippen molar-refractivity contribution in [1.29, 1.82) is 0 Å². The van der Waals surface area contributed by atoms with Crippen molar-refractivity contribution in [1.82, 2.24) is 0 Å². The second-order valence-corrected chi connectivity index (χ2v) is 1.61. The molecule has 0 aromatic heterocycles. The molecule has 1 aliphatic rings. The minimum Gasteiger partial charge on any atom is -0.387 e. The molecule has 1 fully saturated rings. The normalized spacial score (nSPS) is 39.2. The first-order valence-corrected chi connectivity index (χ1v) is 1.88. The third kappa shape index (κ3) is 0.473. The maximum atomic E-state index is 5.16. The van der Waals surface area contributed by atoms with Crippen molar-refractivity contribution >= 4 is 15.7 Å². The molecule has 0 aromatic carbocycles. The van der Waals surface area contributed by atoms with E-state index in [0.717, 1.165) is 0 Å². The van der Waals surface area contributed by atoms with Crippen LogP contribution >= 0.6 is 0 Å². The molecule has 1 atom stereocenters. The predicted molar refractivity (Wildman–Crippen MR) is 24.8 cm³/mol. The lowest BCUT2D eigenvalue weighted by molar-refractivity contribution is 0.397. The van der Waals surface area contributed by atoms with Gasteiger partial charge in [-0.2, -0.15) is 0 Å². The summed E-state index contributed by atoms with van der Waals surface area (Å²) in [5, 5.41) is -0.792. The Hall–Kier alpha value is 0.0899. The van der Waals surface area contributed by atoms with E-state index in [0.29, 0.717) is 0 Å². The molecule has 0 aromatic rings. The quantitative estimate of drug-likeness (QED) is 0.278. The molecule has 1 aliphatic heterocycles. The number of hydrogen-bond donors (Lipinski definition) is 0. The third-order valence-electron chi connectivity index (χ3n) is 0.959. The molecule has 0 bridgehead atoms. The molecule has 0 unspecified atom stereocenters. The van der Waals surface area contributed by atoms with Crippen LogP contribution in [0.2, 0.25) is 0 Å². The van der Waals surface area contributed by atoms with Crippen LogP contribution in [0, 0.1) is 0 Å². The van der Waals surface area contributed by atoms with E-state index in [4.69, 9.17) is 15.7 Å². The van der Waals surface area contributed by atoms with Gasteiger partial charge in [-0.25, -0.2) is 0 Å². The summed E-state index contributed by atoms with van der Waals surface area (Å²) in [6.45, 7) is 1.83. The summed E-state index contributed by atoms with van der Waals surface area (Å²) in [5.41, 5.74) is 0. The number of epoxide rings is 1. The molecule has 3 heteroatoms. The van der Waals surface area contributed by atoms with Gasteiger partial charge < -0.3 is 4.74 Å². The molecule has 0 N–H and O–H groups in total. The molecule has 28 valence electrons. The number of ether oxygens (including phenoxy) is 1. The van der Waals surface area contributed by atoms with E-state index >= 15 is 0 Å². The Bertz CT molecular complexity index is 71.2. The summed E-state index contributed by atoms with van der Waals surface area (Å²) in [7, 11) is 10.3. The molecule has 0 saturated carbocycles. The Morgan fingerprint density at radius 1 is 1.67 bits per heavy atom. The molecule has 0 aliphatic carbocycles. The first-order valence-electron chi connectivity index (χ1n) is 1.88. The van der Waals surface area contributed by atoms with E-state index in [-0.39, 0.29) is 6.10 Å². The maximum absolute atomic E-state index is 5.16. The maximum Gasteiger partial charge on any atom is 0.103 e. The second-order valence-electron chi connectivity index (χ2n) is 1.61. The second kappa shape index (κ2) is 0.836. The van der Waals surface area contributed by atoms with Gasteiger partial charge in [0.15, 0.2) is 0 Å². The van der Waals surface area contributed by atoms with Crippen molar-refractivity contribution in [2.24, 2.45) is 0 Å². The first-order chi connectivity index (χ1) is 2.63. The van der Waals surface area contributed by atoms with E-state index < -0.39 is 5.40 Å². The van der Waals surface area contributed by atoms with Crippen molar-refractivity contribution in [2.45, 2.75) is 18.4 Å². The smallest absolute Gasteiger partial charge is 0.103 e. The van der Waals surface area contributed by atoms with E-state index in [9.17, 15) is 0 Å². The number of rotatable bonds is 0. The Morgan fingerprint density at radius 3 is 1.83 bits per heavy atom. The highest BCUT2D eigenvalue weighted by atomic mass is 16.6. The number of hydrogen-bond acceptors (Lipinski definition) is 1. The lowest BCUT2D eigenvalue weighted by Gasteiger charge is -1.84. The van der Waals surface area contributed by atoms with Crippen molar-refractivity contribution in [3.63, 3.8) is 0 Å². The van der Waals surface area contributed by atoms with Gasteiger partial charge in [0.1, 0.15) is 15.7 Å². The fourth-order valence-corrected chi connectivity index (χ4v) is 0.272. The summed E-state index contributed by atoms with van der Waals surface area (Å²) in [4.78, 5) is 0. The highest BCUT2D eigenvalue weighted by Crippen LogP contribution is 2.27. The lowest BCUT2D eigenvalue weighted by Crippen LogP contribution is -2.11. The summed E-state index contributed by atoms with van der Waals surface area (Å²) in [5.74, 6) is 0. The molecule has 4 radical (unpaired) electrons. The van der Waals surface area contributed by atoms with Gasteiger partial charge in [0.05, 0.1) is 6.10 Å². The van der Waals surface area contributed by atoms with Crippen LogP contribution in [-0.4, -0.2) is 27.2 Å². The minimum atomic E-state index is -0.792.